The lowest BCUT2D eigenvalue weighted by Crippen LogP contribution is -2.44. The van der Waals surface area contributed by atoms with Crippen LogP contribution >= 0.6 is 0 Å². The van der Waals surface area contributed by atoms with Crippen molar-refractivity contribution in [2.45, 2.75) is 19.9 Å². The quantitative estimate of drug-likeness (QED) is 0.752. The van der Waals surface area contributed by atoms with Crippen LogP contribution in [0.15, 0.2) is 36.4 Å². The minimum atomic E-state index is -1.06. The first-order valence-corrected chi connectivity index (χ1v) is 6.72. The second kappa shape index (κ2) is 5.83. The summed E-state index contributed by atoms with van der Waals surface area (Å²) in [7, 11) is 0. The lowest BCUT2D eigenvalue weighted by atomic mass is 10.0. The Labute approximate surface area is 122 Å². The van der Waals surface area contributed by atoms with E-state index in [1.807, 2.05) is 24.3 Å². The van der Waals surface area contributed by atoms with Gasteiger partial charge in [-0.2, -0.15) is 0 Å². The Morgan fingerprint density at radius 3 is 2.24 bits per heavy atom. The summed E-state index contributed by atoms with van der Waals surface area (Å²) in [5.41, 5.74) is 6.53. The summed E-state index contributed by atoms with van der Waals surface area (Å²) in [5.74, 6) is -1.75. The molecule has 2 aromatic rings. The molecule has 1 unspecified atom stereocenters. The van der Waals surface area contributed by atoms with Crippen molar-refractivity contribution in [3.05, 3.63) is 42.0 Å². The molecule has 4 N–H and O–H groups in total. The summed E-state index contributed by atoms with van der Waals surface area (Å²) >= 11 is 0. The largest absolute Gasteiger partial charge is 0.480 e. The highest BCUT2D eigenvalue weighted by Gasteiger charge is 2.24. The predicted molar refractivity (Wildman–Crippen MR) is 82.1 cm³/mol. The molecule has 0 saturated carbocycles. The summed E-state index contributed by atoms with van der Waals surface area (Å²) in [6.45, 7) is 3.48. The maximum atomic E-state index is 12.3. The van der Waals surface area contributed by atoms with Gasteiger partial charge in [-0.3, -0.25) is 4.79 Å². The number of fused-ring (bicyclic) bond motifs is 1. The summed E-state index contributed by atoms with van der Waals surface area (Å²) in [4.78, 5) is 23.4. The molecule has 0 aliphatic carbocycles. The lowest BCUT2D eigenvalue weighted by molar-refractivity contribution is -0.140. The van der Waals surface area contributed by atoms with Gasteiger partial charge in [0.1, 0.15) is 6.04 Å². The minimum absolute atomic E-state index is 0.215. The molecule has 1 atom stereocenters. The zero-order valence-corrected chi connectivity index (χ0v) is 12.0. The molecule has 0 fully saturated rings. The van der Waals surface area contributed by atoms with E-state index >= 15 is 0 Å². The maximum absolute atomic E-state index is 12.3. The molecule has 2 rings (SSSR count). The molecule has 0 spiro atoms. The summed E-state index contributed by atoms with van der Waals surface area (Å²) < 4.78 is 0. The molecule has 1 amide bonds. The van der Waals surface area contributed by atoms with Crippen molar-refractivity contribution in [3.63, 3.8) is 0 Å². The molecule has 0 saturated heterocycles. The third kappa shape index (κ3) is 3.13. The Morgan fingerprint density at radius 1 is 1.14 bits per heavy atom. The van der Waals surface area contributed by atoms with Crippen LogP contribution in [0.2, 0.25) is 0 Å². The molecule has 5 nitrogen and oxygen atoms in total. The molecule has 110 valence electrons. The highest BCUT2D eigenvalue weighted by atomic mass is 16.4. The van der Waals surface area contributed by atoms with E-state index in [2.05, 4.69) is 5.32 Å². The van der Waals surface area contributed by atoms with E-state index in [-0.39, 0.29) is 5.92 Å². The second-order valence-electron chi connectivity index (χ2n) is 5.32. The number of carboxylic acid groups (broad SMARTS) is 1. The fourth-order valence-corrected chi connectivity index (χ4v) is 2.19. The number of rotatable bonds is 4. The van der Waals surface area contributed by atoms with Gasteiger partial charge in [0.15, 0.2) is 0 Å². The fraction of sp³-hybridized carbons (Fsp3) is 0.250. The topological polar surface area (TPSA) is 92.4 Å². The second-order valence-corrected chi connectivity index (χ2v) is 5.32. The molecule has 5 heteroatoms. The minimum Gasteiger partial charge on any atom is -0.480 e. The fourth-order valence-electron chi connectivity index (χ4n) is 2.19. The van der Waals surface area contributed by atoms with Gasteiger partial charge in [0.05, 0.1) is 5.56 Å². The van der Waals surface area contributed by atoms with Crippen molar-refractivity contribution in [3.8, 4) is 0 Å². The number of nitrogens with one attached hydrogen (secondary N) is 1. The van der Waals surface area contributed by atoms with E-state index < -0.39 is 17.9 Å². The monoisotopic (exact) mass is 286 g/mol. The smallest absolute Gasteiger partial charge is 0.326 e. The first kappa shape index (κ1) is 14.8. The van der Waals surface area contributed by atoms with Crippen molar-refractivity contribution in [1.29, 1.82) is 0 Å². The van der Waals surface area contributed by atoms with E-state index in [9.17, 15) is 9.59 Å². The summed E-state index contributed by atoms with van der Waals surface area (Å²) in [6, 6.07) is 10.00. The number of carboxylic acids is 1. The van der Waals surface area contributed by atoms with E-state index in [4.69, 9.17) is 10.8 Å². The zero-order valence-electron chi connectivity index (χ0n) is 12.0. The van der Waals surface area contributed by atoms with Crippen LogP contribution in [0.4, 0.5) is 5.69 Å². The highest BCUT2D eigenvalue weighted by molar-refractivity contribution is 6.05. The van der Waals surface area contributed by atoms with Crippen molar-refractivity contribution in [2.24, 2.45) is 5.92 Å². The molecule has 0 heterocycles. The number of carbonyl (C=O) groups excluding carboxylic acids is 1. The van der Waals surface area contributed by atoms with Crippen molar-refractivity contribution < 1.29 is 14.7 Å². The van der Waals surface area contributed by atoms with Gasteiger partial charge in [-0.25, -0.2) is 4.79 Å². The van der Waals surface area contributed by atoms with E-state index in [0.29, 0.717) is 11.3 Å². The highest BCUT2D eigenvalue weighted by Crippen LogP contribution is 2.22. The van der Waals surface area contributed by atoms with Crippen molar-refractivity contribution >= 4 is 28.3 Å². The van der Waals surface area contributed by atoms with Crippen molar-refractivity contribution in [1.82, 2.24) is 5.32 Å². The Hall–Kier alpha value is -2.56. The van der Waals surface area contributed by atoms with Crippen LogP contribution in [0.25, 0.3) is 10.8 Å². The number of aliphatic carboxylic acids is 1. The van der Waals surface area contributed by atoms with Gasteiger partial charge < -0.3 is 16.2 Å². The number of nitrogens with two attached hydrogens (primary N) is 1. The van der Waals surface area contributed by atoms with Gasteiger partial charge in [0.2, 0.25) is 0 Å². The Balaban J connectivity index is 2.34. The van der Waals surface area contributed by atoms with Crippen LogP contribution in [-0.4, -0.2) is 23.0 Å². The van der Waals surface area contributed by atoms with Gasteiger partial charge >= 0.3 is 5.97 Å². The zero-order chi connectivity index (χ0) is 15.6. The number of carbonyl (C=O) groups is 2. The molecule has 0 bridgehead atoms. The van der Waals surface area contributed by atoms with Crippen LogP contribution in [0.3, 0.4) is 0 Å². The molecule has 0 aliphatic heterocycles. The van der Waals surface area contributed by atoms with Crippen LogP contribution in [0.1, 0.15) is 24.2 Å². The number of nitrogen functional groups attached to an aromatic ring is 1. The summed E-state index contributed by atoms with van der Waals surface area (Å²) in [6.07, 6.45) is 0. The molecule has 0 aromatic heterocycles. The number of benzene rings is 2. The third-order valence-electron chi connectivity index (χ3n) is 3.38. The number of hydrogen-bond donors (Lipinski definition) is 3. The Morgan fingerprint density at radius 2 is 1.71 bits per heavy atom. The molecule has 21 heavy (non-hydrogen) atoms. The van der Waals surface area contributed by atoms with Gasteiger partial charge in [0, 0.05) is 5.69 Å². The van der Waals surface area contributed by atoms with Crippen LogP contribution in [0, 0.1) is 5.92 Å². The van der Waals surface area contributed by atoms with Crippen LogP contribution in [0.5, 0.6) is 0 Å². The van der Waals surface area contributed by atoms with Gasteiger partial charge in [-0.1, -0.05) is 38.1 Å². The Kier molecular flexibility index (Phi) is 4.12. The molecular formula is C16H18N2O3. The van der Waals surface area contributed by atoms with Crippen LogP contribution in [-0.2, 0) is 4.79 Å². The standard InChI is InChI=1S/C16H18N2O3/c1-9(2)14(16(20)21)18-15(19)12-7-10-5-3-4-6-11(10)8-13(12)17/h3-9,14H,17H2,1-2H3,(H,18,19)(H,20,21). The van der Waals surface area contributed by atoms with Gasteiger partial charge in [-0.05, 0) is 28.8 Å². The average Bonchev–Trinajstić information content (AvgIpc) is 2.43. The molecular weight excluding hydrogens is 268 g/mol. The number of amides is 1. The van der Waals surface area contributed by atoms with Gasteiger partial charge in [0.25, 0.3) is 5.91 Å². The van der Waals surface area contributed by atoms with E-state index in [1.54, 1.807) is 26.0 Å². The molecule has 2 aromatic carbocycles. The average molecular weight is 286 g/mol. The Bertz CT molecular complexity index is 695. The van der Waals surface area contributed by atoms with E-state index in [0.717, 1.165) is 10.8 Å². The third-order valence-corrected chi connectivity index (χ3v) is 3.38. The van der Waals surface area contributed by atoms with E-state index in [1.165, 1.54) is 0 Å². The van der Waals surface area contributed by atoms with Gasteiger partial charge in [-0.15, -0.1) is 0 Å². The normalized spacial score (nSPS) is 12.3. The maximum Gasteiger partial charge on any atom is 0.326 e. The molecule has 0 radical (unpaired) electrons. The van der Waals surface area contributed by atoms with Crippen LogP contribution < -0.4 is 11.1 Å². The number of anilines is 1. The lowest BCUT2D eigenvalue weighted by Gasteiger charge is -2.18. The molecule has 0 aliphatic rings. The predicted octanol–water partition coefficient (Wildman–Crippen LogP) is 2.26. The first-order chi connectivity index (χ1) is 9.90. The summed E-state index contributed by atoms with van der Waals surface area (Å²) in [5, 5.41) is 13.5. The first-order valence-electron chi connectivity index (χ1n) is 6.72. The SMILES string of the molecule is CC(C)C(NC(=O)c1cc2ccccc2cc1N)C(=O)O. The van der Waals surface area contributed by atoms with Crippen molar-refractivity contribution in [2.75, 3.05) is 5.73 Å². The number of hydrogen-bond acceptors (Lipinski definition) is 3.